The molecule has 5 nitrogen and oxygen atoms in total. The number of rotatable bonds is 5. The molecule has 0 saturated carbocycles. The van der Waals surface area contributed by atoms with Crippen molar-refractivity contribution in [1.29, 1.82) is 0 Å². The van der Waals surface area contributed by atoms with Crippen LogP contribution in [0.25, 0.3) is 0 Å². The Kier molecular flexibility index (Phi) is 4.66. The fourth-order valence-corrected chi connectivity index (χ4v) is 1.95. The molecule has 0 fully saturated rings. The second-order valence-corrected chi connectivity index (χ2v) is 4.39. The molecule has 110 valence electrons. The van der Waals surface area contributed by atoms with Crippen LogP contribution in [0.4, 0.5) is 0 Å². The average molecular weight is 287 g/mol. The second kappa shape index (κ2) is 6.65. The summed E-state index contributed by atoms with van der Waals surface area (Å²) >= 11 is 0. The molecule has 0 saturated heterocycles. The topological polar surface area (TPSA) is 67.8 Å². The van der Waals surface area contributed by atoms with E-state index in [2.05, 4.69) is 5.32 Å². The number of amides is 1. The lowest BCUT2D eigenvalue weighted by molar-refractivity contribution is 0.0945. The summed E-state index contributed by atoms with van der Waals surface area (Å²) in [6.45, 7) is 0.369. The average Bonchev–Trinajstić information content (AvgIpc) is 2.52. The normalized spacial score (nSPS) is 10.0. The van der Waals surface area contributed by atoms with E-state index in [-0.39, 0.29) is 17.1 Å². The highest BCUT2D eigenvalue weighted by Crippen LogP contribution is 2.33. The van der Waals surface area contributed by atoms with E-state index in [0.29, 0.717) is 12.3 Å². The molecule has 1 amide bonds. The Bertz CT molecular complexity index is 626. The Morgan fingerprint density at radius 1 is 1.14 bits per heavy atom. The van der Waals surface area contributed by atoms with E-state index in [1.807, 2.05) is 30.3 Å². The highest BCUT2D eigenvalue weighted by Gasteiger charge is 2.19. The number of hydrogen-bond donors (Lipinski definition) is 2. The van der Waals surface area contributed by atoms with Crippen molar-refractivity contribution in [3.63, 3.8) is 0 Å². The number of aromatic hydroxyl groups is 1. The number of phenolic OH excluding ortho intramolecular Hbond substituents is 1. The van der Waals surface area contributed by atoms with Crippen LogP contribution in [-0.2, 0) is 6.54 Å². The zero-order valence-electron chi connectivity index (χ0n) is 11.9. The van der Waals surface area contributed by atoms with Crippen molar-refractivity contribution in [3.05, 3.63) is 53.6 Å². The minimum absolute atomic E-state index is 0.0919. The summed E-state index contributed by atoms with van der Waals surface area (Å²) in [6, 6.07) is 12.4. The quantitative estimate of drug-likeness (QED) is 0.885. The molecule has 0 radical (unpaired) electrons. The summed E-state index contributed by atoms with van der Waals surface area (Å²) in [6.07, 6.45) is 0. The summed E-state index contributed by atoms with van der Waals surface area (Å²) in [5.41, 5.74) is 1.06. The molecular formula is C16H17NO4. The fourth-order valence-electron chi connectivity index (χ4n) is 1.95. The largest absolute Gasteiger partial charge is 0.507 e. The van der Waals surface area contributed by atoms with E-state index in [9.17, 15) is 9.90 Å². The molecule has 0 atom stereocenters. The lowest BCUT2D eigenvalue weighted by Crippen LogP contribution is -2.23. The van der Waals surface area contributed by atoms with Gasteiger partial charge in [-0.2, -0.15) is 0 Å². The highest BCUT2D eigenvalue weighted by atomic mass is 16.5. The molecule has 0 aliphatic heterocycles. The molecule has 0 aliphatic rings. The number of benzene rings is 2. The molecule has 0 unspecified atom stereocenters. The lowest BCUT2D eigenvalue weighted by atomic mass is 10.1. The first-order chi connectivity index (χ1) is 10.2. The fraction of sp³-hybridized carbons (Fsp3) is 0.188. The van der Waals surface area contributed by atoms with Crippen molar-refractivity contribution in [2.45, 2.75) is 6.54 Å². The Hall–Kier alpha value is -2.69. The molecule has 0 heterocycles. The van der Waals surface area contributed by atoms with E-state index in [1.165, 1.54) is 20.3 Å². The van der Waals surface area contributed by atoms with Gasteiger partial charge >= 0.3 is 0 Å². The SMILES string of the molecule is COc1cc(O)c(C(=O)NCc2ccccc2)c(OC)c1. The van der Waals surface area contributed by atoms with Crippen LogP contribution in [-0.4, -0.2) is 25.2 Å². The van der Waals surface area contributed by atoms with Crippen molar-refractivity contribution in [1.82, 2.24) is 5.32 Å². The Balaban J connectivity index is 2.19. The van der Waals surface area contributed by atoms with Crippen LogP contribution in [0.1, 0.15) is 15.9 Å². The summed E-state index contributed by atoms with van der Waals surface area (Å²) in [7, 11) is 2.91. The van der Waals surface area contributed by atoms with Gasteiger partial charge in [0.25, 0.3) is 5.91 Å². The predicted molar refractivity (Wildman–Crippen MR) is 78.8 cm³/mol. The predicted octanol–water partition coefficient (Wildman–Crippen LogP) is 2.34. The van der Waals surface area contributed by atoms with Gasteiger partial charge in [-0.3, -0.25) is 4.79 Å². The lowest BCUT2D eigenvalue weighted by Gasteiger charge is -2.12. The van der Waals surface area contributed by atoms with Gasteiger partial charge in [0.15, 0.2) is 0 Å². The van der Waals surface area contributed by atoms with Gasteiger partial charge in [-0.05, 0) is 5.56 Å². The molecule has 0 aromatic heterocycles. The highest BCUT2D eigenvalue weighted by molar-refractivity contribution is 5.99. The maximum Gasteiger partial charge on any atom is 0.259 e. The van der Waals surface area contributed by atoms with E-state index >= 15 is 0 Å². The Labute approximate surface area is 123 Å². The summed E-state index contributed by atoms with van der Waals surface area (Å²) in [5.74, 6) is 0.0917. The summed E-state index contributed by atoms with van der Waals surface area (Å²) < 4.78 is 10.2. The number of ether oxygens (including phenoxy) is 2. The zero-order valence-corrected chi connectivity index (χ0v) is 11.9. The molecule has 21 heavy (non-hydrogen) atoms. The number of nitrogens with one attached hydrogen (secondary N) is 1. The molecule has 2 aromatic carbocycles. The van der Waals surface area contributed by atoms with Gasteiger partial charge in [0.1, 0.15) is 22.8 Å². The van der Waals surface area contributed by atoms with Gasteiger partial charge in [0, 0.05) is 18.7 Å². The molecule has 0 spiro atoms. The van der Waals surface area contributed by atoms with Gasteiger partial charge in [0.2, 0.25) is 0 Å². The van der Waals surface area contributed by atoms with E-state index < -0.39 is 5.91 Å². The molecular weight excluding hydrogens is 270 g/mol. The molecule has 2 N–H and O–H groups in total. The molecule has 2 aromatic rings. The summed E-state index contributed by atoms with van der Waals surface area (Å²) in [4.78, 5) is 12.2. The van der Waals surface area contributed by atoms with Gasteiger partial charge in [-0.1, -0.05) is 30.3 Å². The van der Waals surface area contributed by atoms with Crippen molar-refractivity contribution in [2.24, 2.45) is 0 Å². The first-order valence-corrected chi connectivity index (χ1v) is 6.42. The second-order valence-electron chi connectivity index (χ2n) is 4.39. The van der Waals surface area contributed by atoms with Crippen LogP contribution in [0.15, 0.2) is 42.5 Å². The van der Waals surface area contributed by atoms with E-state index in [0.717, 1.165) is 5.56 Å². The van der Waals surface area contributed by atoms with Crippen molar-refractivity contribution in [2.75, 3.05) is 14.2 Å². The van der Waals surface area contributed by atoms with Gasteiger partial charge in [0.05, 0.1) is 14.2 Å². The number of carbonyl (C=O) groups excluding carboxylic acids is 1. The van der Waals surface area contributed by atoms with Crippen LogP contribution in [0.3, 0.4) is 0 Å². The molecule has 0 bridgehead atoms. The monoisotopic (exact) mass is 287 g/mol. The van der Waals surface area contributed by atoms with E-state index in [1.54, 1.807) is 6.07 Å². The van der Waals surface area contributed by atoms with Gasteiger partial charge in [-0.25, -0.2) is 0 Å². The third kappa shape index (κ3) is 3.45. The standard InChI is InChI=1S/C16H17NO4/c1-20-12-8-13(18)15(14(9-12)21-2)16(19)17-10-11-6-4-3-5-7-11/h3-9,18H,10H2,1-2H3,(H,17,19). The first-order valence-electron chi connectivity index (χ1n) is 6.42. The third-order valence-corrected chi connectivity index (χ3v) is 3.03. The third-order valence-electron chi connectivity index (χ3n) is 3.03. The molecule has 2 rings (SSSR count). The Morgan fingerprint density at radius 2 is 1.86 bits per heavy atom. The van der Waals surface area contributed by atoms with Crippen LogP contribution in [0.5, 0.6) is 17.2 Å². The number of hydrogen-bond acceptors (Lipinski definition) is 4. The van der Waals surface area contributed by atoms with Crippen LogP contribution in [0.2, 0.25) is 0 Å². The number of phenols is 1. The number of carbonyl (C=O) groups is 1. The minimum atomic E-state index is -0.407. The van der Waals surface area contributed by atoms with E-state index in [4.69, 9.17) is 9.47 Å². The Morgan fingerprint density at radius 3 is 2.48 bits per heavy atom. The van der Waals surface area contributed by atoms with Crippen molar-refractivity contribution in [3.8, 4) is 17.2 Å². The van der Waals surface area contributed by atoms with Gasteiger partial charge < -0.3 is 19.9 Å². The van der Waals surface area contributed by atoms with Gasteiger partial charge in [-0.15, -0.1) is 0 Å². The zero-order chi connectivity index (χ0) is 15.2. The first kappa shape index (κ1) is 14.7. The molecule has 0 aliphatic carbocycles. The minimum Gasteiger partial charge on any atom is -0.507 e. The van der Waals surface area contributed by atoms with Crippen LogP contribution >= 0.6 is 0 Å². The van der Waals surface area contributed by atoms with Crippen molar-refractivity contribution >= 4 is 5.91 Å². The number of methoxy groups -OCH3 is 2. The van der Waals surface area contributed by atoms with Crippen molar-refractivity contribution < 1.29 is 19.4 Å². The van der Waals surface area contributed by atoms with Crippen LogP contribution in [0, 0.1) is 0 Å². The maximum atomic E-state index is 12.2. The maximum absolute atomic E-state index is 12.2. The summed E-state index contributed by atoms with van der Waals surface area (Å²) in [5, 5.41) is 12.7. The molecule has 5 heteroatoms. The van der Waals surface area contributed by atoms with Crippen LogP contribution < -0.4 is 14.8 Å². The smallest absolute Gasteiger partial charge is 0.259 e.